The number of aryl methyl sites for hydroxylation is 1. The molecule has 0 fully saturated rings. The highest BCUT2D eigenvalue weighted by atomic mass is 35.5. The van der Waals surface area contributed by atoms with Crippen molar-refractivity contribution in [3.05, 3.63) is 40.4 Å². The second-order valence-corrected chi connectivity index (χ2v) is 4.99. The summed E-state index contributed by atoms with van der Waals surface area (Å²) in [5.74, 6) is -0.529. The fourth-order valence-corrected chi connectivity index (χ4v) is 1.65. The van der Waals surface area contributed by atoms with Crippen LogP contribution in [0.5, 0.6) is 0 Å². The lowest BCUT2D eigenvalue weighted by Gasteiger charge is -2.27. The smallest absolute Gasteiger partial charge is 0.244 e. The number of amides is 1. The van der Waals surface area contributed by atoms with E-state index in [9.17, 15) is 4.79 Å². The molecule has 20 heavy (non-hydrogen) atoms. The molecule has 0 unspecified atom stereocenters. The van der Waals surface area contributed by atoms with Crippen LogP contribution >= 0.6 is 11.6 Å². The summed E-state index contributed by atoms with van der Waals surface area (Å²) >= 11 is 5.97. The Morgan fingerprint density at radius 3 is 2.40 bits per heavy atom. The fourth-order valence-electron chi connectivity index (χ4n) is 1.46. The average Bonchev–Trinajstić information content (AvgIpc) is 2.46. The van der Waals surface area contributed by atoms with Gasteiger partial charge in [-0.3, -0.25) is 4.79 Å². The molecule has 110 valence electrons. The highest BCUT2D eigenvalue weighted by Crippen LogP contribution is 2.17. The topological polar surface area (TPSA) is 89.8 Å². The molecule has 4 N–H and O–H groups in total. The van der Waals surface area contributed by atoms with Gasteiger partial charge in [0.2, 0.25) is 5.91 Å². The minimum absolute atomic E-state index is 0.529. The Morgan fingerprint density at radius 2 is 1.90 bits per heavy atom. The summed E-state index contributed by atoms with van der Waals surface area (Å²) in [4.78, 5) is 11.7. The van der Waals surface area contributed by atoms with Crippen molar-refractivity contribution in [2.75, 3.05) is 19.8 Å². The first-order valence-corrected chi connectivity index (χ1v) is 6.43. The molecule has 0 aliphatic heterocycles. The van der Waals surface area contributed by atoms with Gasteiger partial charge in [0.05, 0.1) is 19.8 Å². The van der Waals surface area contributed by atoms with Gasteiger partial charge in [-0.05, 0) is 30.2 Å². The Bertz CT molecular complexity index is 490. The predicted molar refractivity (Wildman–Crippen MR) is 77.4 cm³/mol. The lowest BCUT2D eigenvalue weighted by Crippen LogP contribution is -2.56. The normalized spacial score (nSPS) is 11.8. The molecule has 6 heteroatoms. The van der Waals surface area contributed by atoms with Crippen molar-refractivity contribution < 1.29 is 20.1 Å². The molecule has 0 aliphatic rings. The first kappa shape index (κ1) is 16.7. The third-order valence-corrected chi connectivity index (χ3v) is 3.33. The van der Waals surface area contributed by atoms with Crippen LogP contribution in [0.3, 0.4) is 0 Å². The number of aliphatic hydroxyl groups is 3. The first-order valence-electron chi connectivity index (χ1n) is 6.05. The number of rotatable bonds is 6. The maximum atomic E-state index is 11.7. The SMILES string of the molecule is Cc1ccc(/C=C/C(=O)NC(CO)(CO)CO)cc1Cl. The molecule has 0 atom stereocenters. The van der Waals surface area contributed by atoms with Gasteiger partial charge in [0.25, 0.3) is 0 Å². The van der Waals surface area contributed by atoms with Gasteiger partial charge in [-0.2, -0.15) is 0 Å². The molecule has 0 saturated carbocycles. The van der Waals surface area contributed by atoms with Gasteiger partial charge in [0.1, 0.15) is 5.54 Å². The summed E-state index contributed by atoms with van der Waals surface area (Å²) in [7, 11) is 0. The van der Waals surface area contributed by atoms with Gasteiger partial charge in [0.15, 0.2) is 0 Å². The number of halogens is 1. The largest absolute Gasteiger partial charge is 0.394 e. The number of nitrogens with one attached hydrogen (secondary N) is 1. The zero-order valence-corrected chi connectivity index (χ0v) is 11.9. The van der Waals surface area contributed by atoms with Gasteiger partial charge in [-0.1, -0.05) is 23.7 Å². The quantitative estimate of drug-likeness (QED) is 0.576. The minimum atomic E-state index is -1.42. The van der Waals surface area contributed by atoms with E-state index in [1.165, 1.54) is 6.08 Å². The molecular weight excluding hydrogens is 282 g/mol. The molecule has 0 aromatic heterocycles. The second-order valence-electron chi connectivity index (χ2n) is 4.59. The van der Waals surface area contributed by atoms with Gasteiger partial charge in [-0.15, -0.1) is 0 Å². The number of aliphatic hydroxyl groups excluding tert-OH is 3. The van der Waals surface area contributed by atoms with E-state index >= 15 is 0 Å². The van der Waals surface area contributed by atoms with E-state index in [1.54, 1.807) is 12.1 Å². The minimum Gasteiger partial charge on any atom is -0.394 e. The molecule has 1 aromatic carbocycles. The highest BCUT2D eigenvalue weighted by molar-refractivity contribution is 6.31. The van der Waals surface area contributed by atoms with Crippen molar-refractivity contribution in [2.24, 2.45) is 0 Å². The van der Waals surface area contributed by atoms with E-state index < -0.39 is 31.3 Å². The van der Waals surface area contributed by atoms with Crippen molar-refractivity contribution >= 4 is 23.6 Å². The standard InChI is InChI=1S/C14H18ClNO4/c1-10-2-3-11(6-12(10)15)4-5-13(20)16-14(7-17,8-18)9-19/h2-6,17-19H,7-9H2,1H3,(H,16,20)/b5-4+. The monoisotopic (exact) mass is 299 g/mol. The Hall–Kier alpha value is -1.40. The van der Waals surface area contributed by atoms with Crippen LogP contribution in [0.15, 0.2) is 24.3 Å². The molecule has 0 radical (unpaired) electrons. The Labute approximate surface area is 122 Å². The van der Waals surface area contributed by atoms with Crippen LogP contribution in [0.2, 0.25) is 5.02 Å². The van der Waals surface area contributed by atoms with E-state index in [-0.39, 0.29) is 0 Å². The molecule has 1 rings (SSSR count). The number of carbonyl (C=O) groups is 1. The molecule has 0 spiro atoms. The number of benzene rings is 1. The summed E-state index contributed by atoms with van der Waals surface area (Å²) in [5, 5.41) is 30.3. The van der Waals surface area contributed by atoms with Crippen LogP contribution in [-0.2, 0) is 4.79 Å². The average molecular weight is 300 g/mol. The Morgan fingerprint density at radius 1 is 1.30 bits per heavy atom. The fraction of sp³-hybridized carbons (Fsp3) is 0.357. The summed E-state index contributed by atoms with van der Waals surface area (Å²) < 4.78 is 0. The van der Waals surface area contributed by atoms with Crippen molar-refractivity contribution in [1.29, 1.82) is 0 Å². The van der Waals surface area contributed by atoms with E-state index in [1.807, 2.05) is 19.1 Å². The Kier molecular flexibility index (Phi) is 6.16. The Balaban J connectivity index is 2.74. The summed E-state index contributed by atoms with van der Waals surface area (Å²) in [5.41, 5.74) is 0.262. The van der Waals surface area contributed by atoms with Crippen molar-refractivity contribution in [3.8, 4) is 0 Å². The van der Waals surface area contributed by atoms with Gasteiger partial charge < -0.3 is 20.6 Å². The van der Waals surface area contributed by atoms with Gasteiger partial charge >= 0.3 is 0 Å². The molecule has 0 aliphatic carbocycles. The summed E-state index contributed by atoms with van der Waals surface area (Å²) in [6.07, 6.45) is 2.80. The maximum Gasteiger partial charge on any atom is 0.244 e. The molecule has 0 bridgehead atoms. The van der Waals surface area contributed by atoms with Crippen molar-refractivity contribution in [1.82, 2.24) is 5.32 Å². The molecule has 5 nitrogen and oxygen atoms in total. The number of carbonyl (C=O) groups excluding carboxylic acids is 1. The molecule has 0 saturated heterocycles. The van der Waals surface area contributed by atoms with Crippen LogP contribution in [-0.4, -0.2) is 46.6 Å². The van der Waals surface area contributed by atoms with E-state index in [0.717, 1.165) is 11.1 Å². The van der Waals surface area contributed by atoms with Gasteiger partial charge in [0, 0.05) is 11.1 Å². The van der Waals surface area contributed by atoms with Crippen LogP contribution in [0.25, 0.3) is 6.08 Å². The van der Waals surface area contributed by atoms with Crippen molar-refractivity contribution in [2.45, 2.75) is 12.5 Å². The second kappa shape index (κ2) is 7.40. The zero-order chi connectivity index (χ0) is 15.2. The predicted octanol–water partition coefficient (Wildman–Crippen LogP) is 0.494. The van der Waals surface area contributed by atoms with Crippen LogP contribution in [0, 0.1) is 6.92 Å². The van der Waals surface area contributed by atoms with Crippen LogP contribution < -0.4 is 5.32 Å². The van der Waals surface area contributed by atoms with Crippen molar-refractivity contribution in [3.63, 3.8) is 0 Å². The number of hydrogen-bond acceptors (Lipinski definition) is 4. The highest BCUT2D eigenvalue weighted by Gasteiger charge is 2.29. The van der Waals surface area contributed by atoms with E-state index in [0.29, 0.717) is 5.02 Å². The number of hydrogen-bond donors (Lipinski definition) is 4. The molecule has 1 amide bonds. The molecular formula is C14H18ClNO4. The first-order chi connectivity index (χ1) is 9.46. The van der Waals surface area contributed by atoms with Gasteiger partial charge in [-0.25, -0.2) is 0 Å². The lowest BCUT2D eigenvalue weighted by atomic mass is 10.0. The third kappa shape index (κ3) is 4.31. The summed E-state index contributed by atoms with van der Waals surface area (Å²) in [6.45, 7) is 0.197. The summed E-state index contributed by atoms with van der Waals surface area (Å²) in [6, 6.07) is 5.36. The maximum absolute atomic E-state index is 11.7. The van der Waals surface area contributed by atoms with E-state index in [2.05, 4.69) is 5.32 Å². The lowest BCUT2D eigenvalue weighted by molar-refractivity contribution is -0.120. The zero-order valence-electron chi connectivity index (χ0n) is 11.1. The van der Waals surface area contributed by atoms with Crippen LogP contribution in [0.1, 0.15) is 11.1 Å². The van der Waals surface area contributed by atoms with E-state index in [4.69, 9.17) is 26.9 Å². The third-order valence-electron chi connectivity index (χ3n) is 2.92. The molecule has 0 heterocycles. The molecule has 1 aromatic rings. The van der Waals surface area contributed by atoms with Crippen LogP contribution in [0.4, 0.5) is 0 Å².